The third kappa shape index (κ3) is 4.75. The summed E-state index contributed by atoms with van der Waals surface area (Å²) in [4.78, 5) is 17.0. The number of nitrogens with one attached hydrogen (secondary N) is 1. The molecule has 0 radical (unpaired) electrons. The molecule has 0 bridgehead atoms. The van der Waals surface area contributed by atoms with E-state index in [9.17, 15) is 4.79 Å². The van der Waals surface area contributed by atoms with Gasteiger partial charge in [0.2, 0.25) is 0 Å². The third-order valence-electron chi connectivity index (χ3n) is 5.59. The van der Waals surface area contributed by atoms with Crippen molar-refractivity contribution < 1.29 is 4.74 Å². The maximum atomic E-state index is 11.8. The molecule has 2 aromatic carbocycles. The van der Waals surface area contributed by atoms with Crippen molar-refractivity contribution in [3.05, 3.63) is 76.7 Å². The number of benzene rings is 2. The van der Waals surface area contributed by atoms with Gasteiger partial charge in [0, 0.05) is 24.2 Å². The number of fused-ring (bicyclic) bond motifs is 1. The van der Waals surface area contributed by atoms with Crippen molar-refractivity contribution >= 4 is 23.2 Å². The van der Waals surface area contributed by atoms with Gasteiger partial charge in [0.05, 0.1) is 6.10 Å². The van der Waals surface area contributed by atoms with Gasteiger partial charge in [-0.3, -0.25) is 9.69 Å². The highest BCUT2D eigenvalue weighted by Gasteiger charge is 2.25. The van der Waals surface area contributed by atoms with Crippen LogP contribution >= 0.6 is 12.4 Å². The largest absolute Gasteiger partial charge is 0.490 e. The Labute approximate surface area is 171 Å². The standard InChI is InChI=1S/C23H26N2O2.ClH/c1-25(16-17-5-3-2-4-6-17)19-7-9-20(10-8-19)27-21-11-12-22-18(15-21)13-14-24-23(22)26;/h2-6,11-15,19-20H,7-10,16H2,1H3,(H,24,26);1H. The monoisotopic (exact) mass is 398 g/mol. The minimum Gasteiger partial charge on any atom is -0.490 e. The van der Waals surface area contributed by atoms with Crippen LogP contribution in [0.2, 0.25) is 0 Å². The molecule has 3 aromatic rings. The molecule has 1 fully saturated rings. The summed E-state index contributed by atoms with van der Waals surface area (Å²) in [6, 6.07) is 18.9. The molecule has 0 aliphatic heterocycles. The first-order valence-electron chi connectivity index (χ1n) is 9.71. The van der Waals surface area contributed by atoms with Crippen LogP contribution in [0.4, 0.5) is 0 Å². The number of pyridine rings is 1. The smallest absolute Gasteiger partial charge is 0.255 e. The summed E-state index contributed by atoms with van der Waals surface area (Å²) in [6.45, 7) is 0.996. The molecule has 1 aliphatic carbocycles. The van der Waals surface area contributed by atoms with Crippen molar-refractivity contribution in [1.82, 2.24) is 9.88 Å². The van der Waals surface area contributed by atoms with Gasteiger partial charge in [-0.2, -0.15) is 0 Å². The van der Waals surface area contributed by atoms with Crippen LogP contribution in [-0.2, 0) is 6.54 Å². The lowest BCUT2D eigenvalue weighted by atomic mass is 9.91. The molecule has 4 nitrogen and oxygen atoms in total. The molecule has 0 amide bonds. The van der Waals surface area contributed by atoms with Gasteiger partial charge in [0.1, 0.15) is 5.75 Å². The van der Waals surface area contributed by atoms with Crippen molar-refractivity contribution in [3.8, 4) is 5.75 Å². The van der Waals surface area contributed by atoms with Crippen LogP contribution < -0.4 is 10.3 Å². The second-order valence-electron chi connectivity index (χ2n) is 7.50. The van der Waals surface area contributed by atoms with Crippen LogP contribution in [0.5, 0.6) is 5.75 Å². The molecule has 148 valence electrons. The van der Waals surface area contributed by atoms with Gasteiger partial charge in [-0.1, -0.05) is 30.3 Å². The highest BCUT2D eigenvalue weighted by atomic mass is 35.5. The topological polar surface area (TPSA) is 45.3 Å². The van der Waals surface area contributed by atoms with Crippen LogP contribution in [0.3, 0.4) is 0 Å². The molecule has 1 heterocycles. The van der Waals surface area contributed by atoms with Gasteiger partial charge in [-0.25, -0.2) is 0 Å². The van der Waals surface area contributed by atoms with Gasteiger partial charge < -0.3 is 9.72 Å². The molecular weight excluding hydrogens is 372 g/mol. The summed E-state index contributed by atoms with van der Waals surface area (Å²) in [5.41, 5.74) is 1.31. The Morgan fingerprint density at radius 1 is 1.04 bits per heavy atom. The average Bonchev–Trinajstić information content (AvgIpc) is 2.69. The highest BCUT2D eigenvalue weighted by Crippen LogP contribution is 2.28. The summed E-state index contributed by atoms with van der Waals surface area (Å²) in [5, 5.41) is 1.63. The van der Waals surface area contributed by atoms with Crippen LogP contribution in [0.1, 0.15) is 31.2 Å². The number of H-pyrrole nitrogens is 1. The van der Waals surface area contributed by atoms with Gasteiger partial charge >= 0.3 is 0 Å². The summed E-state index contributed by atoms with van der Waals surface area (Å²) < 4.78 is 6.22. The molecule has 1 N–H and O–H groups in total. The lowest BCUT2D eigenvalue weighted by Gasteiger charge is -2.34. The van der Waals surface area contributed by atoms with E-state index in [-0.39, 0.29) is 24.1 Å². The second kappa shape index (κ2) is 9.26. The number of rotatable bonds is 5. The van der Waals surface area contributed by atoms with Gasteiger partial charge in [0.15, 0.2) is 0 Å². The number of ether oxygens (including phenoxy) is 1. The molecule has 0 spiro atoms. The summed E-state index contributed by atoms with van der Waals surface area (Å²) in [6.07, 6.45) is 6.38. The van der Waals surface area contributed by atoms with Crippen molar-refractivity contribution in [2.75, 3.05) is 7.05 Å². The van der Waals surface area contributed by atoms with E-state index in [1.54, 1.807) is 6.20 Å². The molecule has 1 aliphatic rings. The molecule has 4 rings (SSSR count). The van der Waals surface area contributed by atoms with Gasteiger partial charge in [-0.15, -0.1) is 12.4 Å². The Hall–Kier alpha value is -2.30. The molecule has 0 atom stereocenters. The molecular formula is C23H27ClN2O2. The predicted octanol–water partition coefficient (Wildman–Crippen LogP) is 4.77. The summed E-state index contributed by atoms with van der Waals surface area (Å²) in [7, 11) is 2.22. The van der Waals surface area contributed by atoms with Gasteiger partial charge in [0.25, 0.3) is 5.56 Å². The zero-order chi connectivity index (χ0) is 18.6. The molecule has 1 saturated carbocycles. The van der Waals surface area contributed by atoms with E-state index in [0.29, 0.717) is 11.4 Å². The predicted molar refractivity (Wildman–Crippen MR) is 116 cm³/mol. The van der Waals surface area contributed by atoms with Crippen molar-refractivity contribution in [1.29, 1.82) is 0 Å². The minimum atomic E-state index is -0.0546. The molecule has 0 saturated heterocycles. The van der Waals surface area contributed by atoms with E-state index in [4.69, 9.17) is 4.74 Å². The third-order valence-corrected chi connectivity index (χ3v) is 5.59. The van der Waals surface area contributed by atoms with Crippen LogP contribution in [0, 0.1) is 0 Å². The fourth-order valence-electron chi connectivity index (χ4n) is 4.04. The van der Waals surface area contributed by atoms with Crippen molar-refractivity contribution in [2.24, 2.45) is 0 Å². The fraction of sp³-hybridized carbons (Fsp3) is 0.348. The molecule has 0 unspecified atom stereocenters. The number of aromatic nitrogens is 1. The first-order chi connectivity index (χ1) is 13.2. The van der Waals surface area contributed by atoms with Crippen LogP contribution in [0.25, 0.3) is 10.8 Å². The Bertz CT molecular complexity index is 949. The number of halogens is 1. The zero-order valence-electron chi connectivity index (χ0n) is 16.1. The lowest BCUT2D eigenvalue weighted by Crippen LogP contribution is -2.37. The normalized spacial score (nSPS) is 19.4. The SMILES string of the molecule is CN(Cc1ccccc1)C1CCC(Oc2ccc3c(=O)[nH]ccc3c2)CC1.Cl. The maximum Gasteiger partial charge on any atom is 0.255 e. The van der Waals surface area contributed by atoms with Gasteiger partial charge in [-0.05, 0) is 67.9 Å². The Kier molecular flexibility index (Phi) is 6.76. The quantitative estimate of drug-likeness (QED) is 0.673. The Morgan fingerprint density at radius 3 is 2.54 bits per heavy atom. The van der Waals surface area contributed by atoms with E-state index >= 15 is 0 Å². The first kappa shape index (κ1) is 20.4. The second-order valence-corrected chi connectivity index (χ2v) is 7.50. The fourth-order valence-corrected chi connectivity index (χ4v) is 4.04. The van der Waals surface area contributed by atoms with E-state index in [2.05, 4.69) is 47.3 Å². The van der Waals surface area contributed by atoms with Crippen LogP contribution in [-0.4, -0.2) is 29.1 Å². The van der Waals surface area contributed by atoms with E-state index in [0.717, 1.165) is 43.4 Å². The Morgan fingerprint density at radius 2 is 1.79 bits per heavy atom. The highest BCUT2D eigenvalue weighted by molar-refractivity contribution is 5.85. The zero-order valence-corrected chi connectivity index (χ0v) is 17.0. The van der Waals surface area contributed by atoms with Crippen molar-refractivity contribution in [3.63, 3.8) is 0 Å². The molecule has 5 heteroatoms. The lowest BCUT2D eigenvalue weighted by molar-refractivity contribution is 0.0979. The minimum absolute atomic E-state index is 0. The summed E-state index contributed by atoms with van der Waals surface area (Å²) >= 11 is 0. The van der Waals surface area contributed by atoms with Crippen molar-refractivity contribution in [2.45, 2.75) is 44.4 Å². The van der Waals surface area contributed by atoms with Crippen LogP contribution in [0.15, 0.2) is 65.6 Å². The molecule has 28 heavy (non-hydrogen) atoms. The van der Waals surface area contributed by atoms with E-state index < -0.39 is 0 Å². The number of aromatic amines is 1. The first-order valence-corrected chi connectivity index (χ1v) is 9.71. The number of hydrogen-bond donors (Lipinski definition) is 1. The Balaban J connectivity index is 0.00000225. The van der Waals surface area contributed by atoms with E-state index in [1.807, 2.05) is 24.3 Å². The number of hydrogen-bond acceptors (Lipinski definition) is 3. The maximum absolute atomic E-state index is 11.8. The average molecular weight is 399 g/mol. The number of nitrogens with zero attached hydrogens (tertiary/aromatic N) is 1. The van der Waals surface area contributed by atoms with E-state index in [1.165, 1.54) is 5.56 Å². The summed E-state index contributed by atoms with van der Waals surface area (Å²) in [5.74, 6) is 0.856. The molecule has 1 aromatic heterocycles.